The molecule has 0 fully saturated rings. The quantitative estimate of drug-likeness (QED) is 0.324. The molecular formula is C27H29F3N2O4. The lowest BCUT2D eigenvalue weighted by atomic mass is 9.94. The number of hydrogen-bond acceptors (Lipinski definition) is 5. The van der Waals surface area contributed by atoms with Crippen LogP contribution >= 0.6 is 0 Å². The Balaban J connectivity index is 1.94. The number of aliphatic hydroxyl groups is 1. The summed E-state index contributed by atoms with van der Waals surface area (Å²) in [4.78, 5) is 12.9. The largest absolute Gasteiger partial charge is 0.496 e. The summed E-state index contributed by atoms with van der Waals surface area (Å²) in [5.41, 5.74) is 1.84. The van der Waals surface area contributed by atoms with Crippen molar-refractivity contribution >= 4 is 5.97 Å². The molecule has 3 rings (SSSR count). The lowest BCUT2D eigenvalue weighted by molar-refractivity contribution is -0.138. The van der Waals surface area contributed by atoms with Gasteiger partial charge in [0.2, 0.25) is 0 Å². The highest BCUT2D eigenvalue weighted by molar-refractivity contribution is 5.77. The third kappa shape index (κ3) is 7.07. The maximum absolute atomic E-state index is 13.5. The molecule has 0 aliphatic carbocycles. The zero-order valence-corrected chi connectivity index (χ0v) is 20.0. The number of aliphatic hydroxyl groups excluding tert-OH is 1. The minimum Gasteiger partial charge on any atom is -0.496 e. The highest BCUT2D eigenvalue weighted by Gasteiger charge is 2.31. The minimum atomic E-state index is -4.55. The van der Waals surface area contributed by atoms with E-state index in [1.807, 2.05) is 37.3 Å². The summed E-state index contributed by atoms with van der Waals surface area (Å²) < 4.78 is 45.9. The number of carboxylic acids is 1. The van der Waals surface area contributed by atoms with Crippen molar-refractivity contribution in [1.29, 1.82) is 0 Å². The van der Waals surface area contributed by atoms with Crippen LogP contribution in [0.2, 0.25) is 0 Å². The van der Waals surface area contributed by atoms with Crippen LogP contribution < -0.4 is 10.1 Å². The highest BCUT2D eigenvalue weighted by Crippen LogP contribution is 2.37. The Morgan fingerprint density at radius 3 is 2.36 bits per heavy atom. The molecule has 0 saturated heterocycles. The number of methoxy groups -OCH3 is 1. The summed E-state index contributed by atoms with van der Waals surface area (Å²) in [5, 5.41) is 22.9. The molecule has 0 bridgehead atoms. The number of rotatable bonds is 11. The monoisotopic (exact) mass is 502 g/mol. The Hall–Kier alpha value is -3.40. The lowest BCUT2D eigenvalue weighted by Crippen LogP contribution is -2.44. The first kappa shape index (κ1) is 27.2. The van der Waals surface area contributed by atoms with Gasteiger partial charge in [-0.15, -0.1) is 0 Å². The Morgan fingerprint density at radius 1 is 1.03 bits per heavy atom. The smallest absolute Gasteiger partial charge is 0.416 e. The van der Waals surface area contributed by atoms with Crippen molar-refractivity contribution in [3.8, 4) is 16.9 Å². The van der Waals surface area contributed by atoms with E-state index in [9.17, 15) is 23.1 Å². The van der Waals surface area contributed by atoms with Gasteiger partial charge >= 0.3 is 12.1 Å². The van der Waals surface area contributed by atoms with Crippen molar-refractivity contribution in [2.45, 2.75) is 39.0 Å². The van der Waals surface area contributed by atoms with Gasteiger partial charge in [-0.3, -0.25) is 15.0 Å². The molecule has 6 nitrogen and oxygen atoms in total. The number of carboxylic acid groups (broad SMARTS) is 1. The van der Waals surface area contributed by atoms with E-state index in [4.69, 9.17) is 9.84 Å². The van der Waals surface area contributed by atoms with Crippen LogP contribution in [-0.4, -0.2) is 41.1 Å². The van der Waals surface area contributed by atoms with Crippen LogP contribution in [0.5, 0.6) is 5.75 Å². The maximum Gasteiger partial charge on any atom is 0.416 e. The zero-order chi connectivity index (χ0) is 26.3. The number of aliphatic carboxylic acids is 1. The van der Waals surface area contributed by atoms with Gasteiger partial charge in [-0.25, -0.2) is 0 Å². The average Bonchev–Trinajstić information content (AvgIpc) is 2.85. The number of nitrogens with one attached hydrogen (secondary N) is 1. The predicted octanol–water partition coefficient (Wildman–Crippen LogP) is 4.90. The third-order valence-electron chi connectivity index (χ3n) is 5.80. The van der Waals surface area contributed by atoms with E-state index in [0.717, 1.165) is 17.7 Å². The molecule has 0 aliphatic rings. The number of hydrogen-bond donors (Lipinski definition) is 3. The fourth-order valence-electron chi connectivity index (χ4n) is 3.95. The maximum atomic E-state index is 13.5. The summed E-state index contributed by atoms with van der Waals surface area (Å²) in [7, 11) is 1.43. The zero-order valence-electron chi connectivity index (χ0n) is 20.0. The third-order valence-corrected chi connectivity index (χ3v) is 5.80. The van der Waals surface area contributed by atoms with Crippen LogP contribution in [0.4, 0.5) is 13.2 Å². The average molecular weight is 503 g/mol. The van der Waals surface area contributed by atoms with Gasteiger partial charge in [0, 0.05) is 18.7 Å². The fourth-order valence-corrected chi connectivity index (χ4v) is 3.95. The number of nitrogens with zero attached hydrogens (tertiary/aromatic N) is 1. The first-order chi connectivity index (χ1) is 17.1. The Morgan fingerprint density at radius 2 is 1.75 bits per heavy atom. The van der Waals surface area contributed by atoms with Crippen LogP contribution in [0.1, 0.15) is 29.2 Å². The molecular weight excluding hydrogens is 473 g/mol. The molecule has 0 saturated carbocycles. The predicted molar refractivity (Wildman–Crippen MR) is 130 cm³/mol. The summed E-state index contributed by atoms with van der Waals surface area (Å²) in [6.07, 6.45) is -5.91. The summed E-state index contributed by atoms with van der Waals surface area (Å²) >= 11 is 0. The number of ether oxygens (including phenoxy) is 1. The van der Waals surface area contributed by atoms with Crippen molar-refractivity contribution in [1.82, 2.24) is 10.2 Å². The van der Waals surface area contributed by atoms with Crippen molar-refractivity contribution < 1.29 is 32.9 Å². The van der Waals surface area contributed by atoms with Crippen molar-refractivity contribution in [3.63, 3.8) is 0 Å². The molecule has 0 aromatic heterocycles. The second-order valence-corrected chi connectivity index (χ2v) is 8.28. The lowest BCUT2D eigenvalue weighted by Gasteiger charge is -2.28. The number of carbonyl (C=O) groups is 1. The van der Waals surface area contributed by atoms with Gasteiger partial charge in [-0.1, -0.05) is 49.4 Å². The topological polar surface area (TPSA) is 82.0 Å². The second-order valence-electron chi connectivity index (χ2n) is 8.28. The van der Waals surface area contributed by atoms with Crippen molar-refractivity contribution in [2.24, 2.45) is 0 Å². The second kappa shape index (κ2) is 12.0. The normalized spacial score (nSPS) is 12.5. The molecule has 0 aliphatic heterocycles. The van der Waals surface area contributed by atoms with Crippen LogP contribution in [-0.2, 0) is 30.5 Å². The molecule has 1 atom stereocenters. The molecule has 36 heavy (non-hydrogen) atoms. The summed E-state index contributed by atoms with van der Waals surface area (Å²) in [6.45, 7) is 2.76. The fraction of sp³-hybridized carbons (Fsp3) is 0.296. The van der Waals surface area contributed by atoms with Crippen molar-refractivity contribution in [3.05, 3.63) is 89.0 Å². The molecule has 3 aromatic rings. The standard InChI is InChI=1S/C27H29F3N2O4/c1-3-32(17-18-7-5-4-6-8-18)26(35)31-16-20-15-21(27(28,29)30)10-11-22(20)23-13-19(14-25(33)34)9-12-24(23)36-2/h4-13,15,26,31,35H,3,14,16-17H2,1-2H3,(H,33,34). The van der Waals surface area contributed by atoms with E-state index in [1.54, 1.807) is 23.1 Å². The Kier molecular flexibility index (Phi) is 9.08. The molecule has 3 aromatic carbocycles. The van der Waals surface area contributed by atoms with Gasteiger partial charge in [0.1, 0.15) is 5.75 Å². The molecule has 192 valence electrons. The van der Waals surface area contributed by atoms with Gasteiger partial charge in [0.05, 0.1) is 19.1 Å². The van der Waals surface area contributed by atoms with E-state index in [-0.39, 0.29) is 18.5 Å². The van der Waals surface area contributed by atoms with E-state index in [1.165, 1.54) is 13.2 Å². The van der Waals surface area contributed by atoms with Gasteiger partial charge in [-0.05, 0) is 53.1 Å². The summed E-state index contributed by atoms with van der Waals surface area (Å²) in [5.74, 6) is -0.633. The van der Waals surface area contributed by atoms with E-state index < -0.39 is 24.1 Å². The van der Waals surface area contributed by atoms with Crippen LogP contribution in [0.25, 0.3) is 11.1 Å². The highest BCUT2D eigenvalue weighted by atomic mass is 19.4. The van der Waals surface area contributed by atoms with Gasteiger partial charge in [0.15, 0.2) is 6.35 Å². The first-order valence-corrected chi connectivity index (χ1v) is 11.4. The SMILES string of the molecule is CCN(Cc1ccccc1)C(O)NCc1cc(C(F)(F)F)ccc1-c1cc(CC(=O)O)ccc1OC. The Bertz CT molecular complexity index is 1170. The number of benzene rings is 3. The molecule has 0 radical (unpaired) electrons. The molecule has 0 spiro atoms. The van der Waals surface area contributed by atoms with Crippen molar-refractivity contribution in [2.75, 3.05) is 13.7 Å². The first-order valence-electron chi connectivity index (χ1n) is 11.4. The van der Waals surface area contributed by atoms with Gasteiger partial charge in [0.25, 0.3) is 0 Å². The van der Waals surface area contributed by atoms with Gasteiger partial charge < -0.3 is 14.9 Å². The summed E-state index contributed by atoms with van der Waals surface area (Å²) in [6, 6.07) is 17.7. The van der Waals surface area contributed by atoms with E-state index >= 15 is 0 Å². The molecule has 1 unspecified atom stereocenters. The number of halogens is 3. The Labute approximate surface area is 207 Å². The van der Waals surface area contributed by atoms with E-state index in [2.05, 4.69) is 5.32 Å². The van der Waals surface area contributed by atoms with Gasteiger partial charge in [-0.2, -0.15) is 13.2 Å². The minimum absolute atomic E-state index is 0.0714. The molecule has 9 heteroatoms. The van der Waals surface area contributed by atoms with Crippen LogP contribution in [0.15, 0.2) is 66.7 Å². The van der Waals surface area contributed by atoms with Crippen LogP contribution in [0.3, 0.4) is 0 Å². The molecule has 0 amide bonds. The molecule has 0 heterocycles. The number of alkyl halides is 3. The van der Waals surface area contributed by atoms with Crippen LogP contribution in [0, 0.1) is 0 Å². The van der Waals surface area contributed by atoms with E-state index in [0.29, 0.717) is 35.5 Å². The molecule has 3 N–H and O–H groups in total.